The van der Waals surface area contributed by atoms with Crippen molar-refractivity contribution in [2.75, 3.05) is 6.67 Å². The van der Waals surface area contributed by atoms with E-state index in [4.69, 9.17) is 23.2 Å². The molecular weight excluding hydrogens is 344 g/mol. The van der Waals surface area contributed by atoms with Gasteiger partial charge in [-0.1, -0.05) is 47.5 Å². The molecular formula is C15H12Cl2FN3O2. The second kappa shape index (κ2) is 8.10. The highest BCUT2D eigenvalue weighted by Gasteiger charge is 2.19. The minimum atomic E-state index is -1.40. The molecule has 0 bridgehead atoms. The number of halogens is 3. The minimum absolute atomic E-state index is 0.348. The van der Waals surface area contributed by atoms with Crippen LogP contribution in [0.3, 0.4) is 0 Å². The molecule has 1 heterocycles. The lowest BCUT2D eigenvalue weighted by molar-refractivity contribution is -0.116. The highest BCUT2D eigenvalue weighted by molar-refractivity contribution is 6.53. The maximum absolute atomic E-state index is 13.0. The van der Waals surface area contributed by atoms with E-state index in [-0.39, 0.29) is 5.71 Å². The van der Waals surface area contributed by atoms with Crippen LogP contribution in [-0.4, -0.2) is 38.4 Å². The average Bonchev–Trinajstić information content (AvgIpc) is 2.59. The number of aliphatic imine (C=N–C) groups is 1. The Labute approximate surface area is 141 Å². The largest absolute Gasteiger partial charge is 0.382 e. The summed E-state index contributed by atoms with van der Waals surface area (Å²) in [6.07, 6.45) is 1.80. The summed E-state index contributed by atoms with van der Waals surface area (Å²) >= 11 is 10.7. The summed E-state index contributed by atoms with van der Waals surface area (Å²) in [4.78, 5) is 13.4. The van der Waals surface area contributed by atoms with E-state index in [9.17, 15) is 14.3 Å². The fourth-order valence-electron chi connectivity index (χ4n) is 1.87. The lowest BCUT2D eigenvalue weighted by Crippen LogP contribution is -2.18. The predicted molar refractivity (Wildman–Crippen MR) is 86.3 cm³/mol. The van der Waals surface area contributed by atoms with Crippen LogP contribution in [0.5, 0.6) is 0 Å². The number of nitrogens with zero attached hydrogens (tertiary/aromatic N) is 3. The molecule has 120 valence electrons. The zero-order valence-corrected chi connectivity index (χ0v) is 13.2. The first-order chi connectivity index (χ1) is 11.0. The number of carbonyl (C=O) groups excluding carboxylic acids is 1. The summed E-state index contributed by atoms with van der Waals surface area (Å²) in [5, 5.41) is 17.6. The van der Waals surface area contributed by atoms with Crippen LogP contribution in [0, 0.1) is 0 Å². The number of alkyl halides is 3. The molecule has 1 aromatic carbocycles. The third-order valence-electron chi connectivity index (χ3n) is 3.04. The lowest BCUT2D eigenvalue weighted by Gasteiger charge is -2.12. The molecule has 23 heavy (non-hydrogen) atoms. The Kier molecular flexibility index (Phi) is 6.15. The van der Waals surface area contributed by atoms with Crippen molar-refractivity contribution in [3.8, 4) is 11.1 Å². The quantitative estimate of drug-likeness (QED) is 0.660. The first kappa shape index (κ1) is 17.5. The Morgan fingerprint density at radius 1 is 1.17 bits per heavy atom. The van der Waals surface area contributed by atoms with E-state index in [1.807, 2.05) is 0 Å². The number of hydrogen-bond donors (Lipinski definition) is 1. The lowest BCUT2D eigenvalue weighted by atomic mass is 10.0. The SMILES string of the molecule is O=C(N=C(CF)[C@H](O)c1ccc(-c2ccnnc2)cc1)C(Cl)Cl. The fourth-order valence-corrected chi connectivity index (χ4v) is 1.96. The molecule has 0 saturated carbocycles. The minimum Gasteiger partial charge on any atom is -0.382 e. The molecule has 0 unspecified atom stereocenters. The van der Waals surface area contributed by atoms with E-state index in [1.165, 1.54) is 0 Å². The maximum Gasteiger partial charge on any atom is 0.279 e. The molecule has 5 nitrogen and oxygen atoms in total. The van der Waals surface area contributed by atoms with Gasteiger partial charge in [0, 0.05) is 5.56 Å². The van der Waals surface area contributed by atoms with Crippen LogP contribution in [0.4, 0.5) is 4.39 Å². The molecule has 0 aliphatic carbocycles. The van der Waals surface area contributed by atoms with Gasteiger partial charge in [-0.05, 0) is 17.2 Å². The van der Waals surface area contributed by atoms with E-state index in [0.29, 0.717) is 5.56 Å². The zero-order chi connectivity index (χ0) is 16.8. The summed E-state index contributed by atoms with van der Waals surface area (Å²) < 4.78 is 13.0. The van der Waals surface area contributed by atoms with Gasteiger partial charge in [-0.3, -0.25) is 4.79 Å². The first-order valence-electron chi connectivity index (χ1n) is 6.53. The van der Waals surface area contributed by atoms with Gasteiger partial charge in [0.15, 0.2) is 4.84 Å². The van der Waals surface area contributed by atoms with Crippen LogP contribution in [0.15, 0.2) is 47.7 Å². The molecule has 0 aliphatic rings. The van der Waals surface area contributed by atoms with Crippen LogP contribution in [0.25, 0.3) is 11.1 Å². The monoisotopic (exact) mass is 355 g/mol. The zero-order valence-electron chi connectivity index (χ0n) is 11.7. The Bertz CT molecular complexity index is 694. The van der Waals surface area contributed by atoms with E-state index < -0.39 is 23.5 Å². The van der Waals surface area contributed by atoms with Gasteiger partial charge in [0.2, 0.25) is 0 Å². The summed E-state index contributed by atoms with van der Waals surface area (Å²) in [6.45, 7) is -1.09. The number of benzene rings is 1. The van der Waals surface area contributed by atoms with Gasteiger partial charge < -0.3 is 5.11 Å². The number of aliphatic hydroxyl groups is 1. The van der Waals surface area contributed by atoms with Gasteiger partial charge in [0.05, 0.1) is 18.1 Å². The van der Waals surface area contributed by atoms with Gasteiger partial charge in [0.1, 0.15) is 12.8 Å². The number of hydrogen-bond acceptors (Lipinski definition) is 4. The molecule has 0 aliphatic heterocycles. The van der Waals surface area contributed by atoms with Crippen molar-refractivity contribution in [3.05, 3.63) is 48.3 Å². The molecule has 0 radical (unpaired) electrons. The average molecular weight is 356 g/mol. The number of amides is 1. The summed E-state index contributed by atoms with van der Waals surface area (Å²) in [5.41, 5.74) is 1.75. The predicted octanol–water partition coefficient (Wildman–Crippen LogP) is 2.92. The summed E-state index contributed by atoms with van der Waals surface area (Å²) in [5.74, 6) is -0.917. The Balaban J connectivity index is 2.22. The van der Waals surface area contributed by atoms with Crippen molar-refractivity contribution in [2.45, 2.75) is 10.9 Å². The molecule has 0 spiro atoms. The molecule has 0 saturated heterocycles. The van der Waals surface area contributed by atoms with Crippen LogP contribution in [0.1, 0.15) is 11.7 Å². The highest BCUT2D eigenvalue weighted by atomic mass is 35.5. The third kappa shape index (κ3) is 4.54. The van der Waals surface area contributed by atoms with Crippen LogP contribution >= 0.6 is 23.2 Å². The summed E-state index contributed by atoms with van der Waals surface area (Å²) in [7, 11) is 0. The van der Waals surface area contributed by atoms with Crippen molar-refractivity contribution in [1.29, 1.82) is 0 Å². The van der Waals surface area contributed by atoms with Crippen LogP contribution in [0.2, 0.25) is 0 Å². The van der Waals surface area contributed by atoms with Gasteiger partial charge in [-0.2, -0.15) is 10.2 Å². The van der Waals surface area contributed by atoms with Crippen LogP contribution in [-0.2, 0) is 4.79 Å². The molecule has 1 atom stereocenters. The Morgan fingerprint density at radius 2 is 1.87 bits per heavy atom. The number of aliphatic hydroxyl groups excluding tert-OH is 1. The molecule has 8 heteroatoms. The fraction of sp³-hybridized carbons (Fsp3) is 0.200. The molecule has 0 fully saturated rings. The number of aromatic nitrogens is 2. The molecule has 2 rings (SSSR count). The van der Waals surface area contributed by atoms with Gasteiger partial charge in [-0.15, -0.1) is 0 Å². The Morgan fingerprint density at radius 3 is 2.39 bits per heavy atom. The van der Waals surface area contributed by atoms with E-state index in [0.717, 1.165) is 11.1 Å². The van der Waals surface area contributed by atoms with Crippen molar-refractivity contribution < 1.29 is 14.3 Å². The van der Waals surface area contributed by atoms with Crippen molar-refractivity contribution in [1.82, 2.24) is 10.2 Å². The maximum atomic E-state index is 13.0. The summed E-state index contributed by atoms with van der Waals surface area (Å²) in [6, 6.07) is 8.47. The second-order valence-corrected chi connectivity index (χ2v) is 5.63. The van der Waals surface area contributed by atoms with E-state index >= 15 is 0 Å². The number of carbonyl (C=O) groups is 1. The molecule has 1 amide bonds. The highest BCUT2D eigenvalue weighted by Crippen LogP contribution is 2.22. The van der Waals surface area contributed by atoms with Crippen molar-refractivity contribution >= 4 is 34.8 Å². The molecule has 1 N–H and O–H groups in total. The number of rotatable bonds is 5. The standard InChI is InChI=1S/C15H12Cl2FN3O2/c16-14(17)15(23)21-12(7-18)13(22)10-3-1-9(2-4-10)11-5-6-19-20-8-11/h1-6,8,13-14,22H,7H2/t13-/m1/s1. The smallest absolute Gasteiger partial charge is 0.279 e. The first-order valence-corrected chi connectivity index (χ1v) is 7.40. The van der Waals surface area contributed by atoms with Gasteiger partial charge >= 0.3 is 0 Å². The van der Waals surface area contributed by atoms with E-state index in [1.54, 1.807) is 42.7 Å². The second-order valence-electron chi connectivity index (χ2n) is 4.53. The van der Waals surface area contributed by atoms with Crippen molar-refractivity contribution in [3.63, 3.8) is 0 Å². The van der Waals surface area contributed by atoms with Gasteiger partial charge in [-0.25, -0.2) is 9.38 Å². The van der Waals surface area contributed by atoms with Gasteiger partial charge in [0.25, 0.3) is 5.91 Å². The topological polar surface area (TPSA) is 75.4 Å². The van der Waals surface area contributed by atoms with Crippen molar-refractivity contribution in [2.24, 2.45) is 4.99 Å². The molecule has 2 aromatic rings. The third-order valence-corrected chi connectivity index (χ3v) is 3.41. The Hall–Kier alpha value is -1.89. The van der Waals surface area contributed by atoms with E-state index in [2.05, 4.69) is 15.2 Å². The normalized spacial score (nSPS) is 13.2. The van der Waals surface area contributed by atoms with Crippen LogP contribution < -0.4 is 0 Å². The molecule has 1 aromatic heterocycles.